The molecule has 0 heterocycles. The Hall–Kier alpha value is -3.02. The summed E-state index contributed by atoms with van der Waals surface area (Å²) in [6.45, 7) is 0. The summed E-state index contributed by atoms with van der Waals surface area (Å²) in [5.74, 6) is -36.3. The molecule has 0 aromatic heterocycles. The van der Waals surface area contributed by atoms with Crippen LogP contribution in [-0.4, -0.2) is 55.0 Å². The SMILES string of the molecule is COc1ccc(NC(=O)C(F)(F)C(F)(F)C(F)(F)F)cc1OC(=O)C(F)(F)C(F)(F)C(F)(F)F. The summed E-state index contributed by atoms with van der Waals surface area (Å²) in [6, 6.07) is 0.731. The first-order valence-electron chi connectivity index (χ1n) is 7.81. The first kappa shape index (κ1) is 29.0. The standard InChI is InChI=1S/C15H7F14NO4/c1-33-6-3-2-5(30-8(31)10(16,17)12(20,21)14(24,25)26)4-7(6)34-9(32)11(18,19)13(22,23)15(27,28)29/h2-4H,1H3,(H,30,31). The summed E-state index contributed by atoms with van der Waals surface area (Å²) in [6.07, 6.45) is -13.9. The number of alkyl halides is 14. The topological polar surface area (TPSA) is 64.6 Å². The minimum absolute atomic E-state index is 0.0573. The molecule has 19 heteroatoms. The molecule has 34 heavy (non-hydrogen) atoms. The van der Waals surface area contributed by atoms with Crippen molar-refractivity contribution in [3.8, 4) is 11.5 Å². The molecule has 0 saturated carbocycles. The predicted molar refractivity (Wildman–Crippen MR) is 79.2 cm³/mol. The third-order valence-electron chi connectivity index (χ3n) is 3.67. The van der Waals surface area contributed by atoms with Crippen LogP contribution in [0.25, 0.3) is 0 Å². The molecule has 0 aliphatic carbocycles. The van der Waals surface area contributed by atoms with Crippen molar-refractivity contribution < 1.29 is 80.5 Å². The normalized spacial score (nSPS) is 14.0. The lowest BCUT2D eigenvalue weighted by molar-refractivity contribution is -0.346. The van der Waals surface area contributed by atoms with Gasteiger partial charge in [-0.2, -0.15) is 61.5 Å². The predicted octanol–water partition coefficient (Wildman–Crippen LogP) is 5.20. The molecule has 0 fully saturated rings. The Bertz CT molecular complexity index is 938. The van der Waals surface area contributed by atoms with E-state index in [1.165, 1.54) is 0 Å². The second-order valence-corrected chi connectivity index (χ2v) is 6.00. The van der Waals surface area contributed by atoms with E-state index in [0.717, 1.165) is 5.32 Å². The van der Waals surface area contributed by atoms with E-state index in [9.17, 15) is 71.1 Å². The van der Waals surface area contributed by atoms with E-state index in [-0.39, 0.29) is 6.07 Å². The first-order valence-corrected chi connectivity index (χ1v) is 7.81. The molecule has 0 radical (unpaired) electrons. The third-order valence-corrected chi connectivity index (χ3v) is 3.67. The molecule has 0 aliphatic heterocycles. The summed E-state index contributed by atoms with van der Waals surface area (Å²) in [7, 11) is 0.672. The van der Waals surface area contributed by atoms with Gasteiger partial charge < -0.3 is 14.8 Å². The largest absolute Gasteiger partial charge is 0.493 e. The lowest BCUT2D eigenvalue weighted by atomic mass is 10.1. The number of carbonyl (C=O) groups excluding carboxylic acids is 2. The van der Waals surface area contributed by atoms with Crippen molar-refractivity contribution in [2.75, 3.05) is 12.4 Å². The quantitative estimate of drug-likeness (QED) is 0.299. The average molecular weight is 531 g/mol. The maximum Gasteiger partial charge on any atom is 0.460 e. The molecule has 0 bridgehead atoms. The smallest absolute Gasteiger partial charge is 0.460 e. The molecule has 1 rings (SSSR count). The molecule has 0 spiro atoms. The number of hydrogen-bond acceptors (Lipinski definition) is 4. The minimum atomic E-state index is -6.97. The van der Waals surface area contributed by atoms with Gasteiger partial charge in [0, 0.05) is 11.8 Å². The van der Waals surface area contributed by atoms with Crippen LogP contribution in [0.1, 0.15) is 0 Å². The van der Waals surface area contributed by atoms with Crippen LogP contribution in [0.5, 0.6) is 11.5 Å². The first-order chi connectivity index (χ1) is 14.9. The van der Waals surface area contributed by atoms with Crippen molar-refractivity contribution in [1.29, 1.82) is 0 Å². The summed E-state index contributed by atoms with van der Waals surface area (Å²) in [5, 5.41) is 0.787. The van der Waals surface area contributed by atoms with Crippen LogP contribution in [-0.2, 0) is 9.59 Å². The zero-order valence-electron chi connectivity index (χ0n) is 15.7. The van der Waals surface area contributed by atoms with Gasteiger partial charge in [-0.25, -0.2) is 4.79 Å². The molecule has 0 unspecified atom stereocenters. The number of halogens is 14. The number of ether oxygens (including phenoxy) is 2. The van der Waals surface area contributed by atoms with Gasteiger partial charge in [-0.3, -0.25) is 4.79 Å². The van der Waals surface area contributed by atoms with Crippen molar-refractivity contribution >= 4 is 17.6 Å². The fraction of sp³-hybridized carbons (Fsp3) is 0.467. The lowest BCUT2D eigenvalue weighted by Gasteiger charge is -2.27. The van der Waals surface area contributed by atoms with Gasteiger partial charge in [-0.1, -0.05) is 0 Å². The molecule has 0 atom stereocenters. The number of amides is 1. The molecule has 194 valence electrons. The van der Waals surface area contributed by atoms with E-state index in [1.54, 1.807) is 0 Å². The zero-order chi connectivity index (χ0) is 27.1. The van der Waals surface area contributed by atoms with Gasteiger partial charge in [0.1, 0.15) is 0 Å². The monoisotopic (exact) mass is 531 g/mol. The van der Waals surface area contributed by atoms with Crippen molar-refractivity contribution in [1.82, 2.24) is 0 Å². The van der Waals surface area contributed by atoms with E-state index in [1.807, 2.05) is 0 Å². The van der Waals surface area contributed by atoms with Crippen molar-refractivity contribution in [3.05, 3.63) is 18.2 Å². The van der Waals surface area contributed by atoms with E-state index < -0.39 is 65.1 Å². The Morgan fingerprint density at radius 2 is 1.15 bits per heavy atom. The number of esters is 1. The lowest BCUT2D eigenvalue weighted by Crippen LogP contribution is -2.57. The van der Waals surface area contributed by atoms with Gasteiger partial charge in [-0.15, -0.1) is 0 Å². The van der Waals surface area contributed by atoms with Crippen molar-refractivity contribution in [2.45, 2.75) is 36.0 Å². The van der Waals surface area contributed by atoms with Crippen molar-refractivity contribution in [2.24, 2.45) is 0 Å². The summed E-state index contributed by atoms with van der Waals surface area (Å²) in [5.41, 5.74) is -1.28. The van der Waals surface area contributed by atoms with E-state index in [0.29, 0.717) is 19.2 Å². The van der Waals surface area contributed by atoms with Crippen LogP contribution in [0.2, 0.25) is 0 Å². The molecular formula is C15H7F14NO4. The number of anilines is 1. The minimum Gasteiger partial charge on any atom is -0.493 e. The van der Waals surface area contributed by atoms with Gasteiger partial charge in [0.25, 0.3) is 0 Å². The van der Waals surface area contributed by atoms with Gasteiger partial charge in [0.05, 0.1) is 7.11 Å². The van der Waals surface area contributed by atoms with Gasteiger partial charge in [-0.05, 0) is 12.1 Å². The Labute approximate surface area is 177 Å². The summed E-state index contributed by atoms with van der Waals surface area (Å²) < 4.78 is 186. The van der Waals surface area contributed by atoms with Crippen LogP contribution in [0.15, 0.2) is 18.2 Å². The van der Waals surface area contributed by atoms with E-state index in [4.69, 9.17) is 0 Å². The number of hydrogen-bond donors (Lipinski definition) is 1. The number of nitrogens with one attached hydrogen (secondary N) is 1. The fourth-order valence-corrected chi connectivity index (χ4v) is 1.83. The Morgan fingerprint density at radius 1 is 0.706 bits per heavy atom. The fourth-order valence-electron chi connectivity index (χ4n) is 1.83. The van der Waals surface area contributed by atoms with Crippen LogP contribution < -0.4 is 14.8 Å². The maximum absolute atomic E-state index is 13.4. The molecular weight excluding hydrogens is 524 g/mol. The van der Waals surface area contributed by atoms with E-state index >= 15 is 0 Å². The van der Waals surface area contributed by atoms with Gasteiger partial charge in [0.15, 0.2) is 11.5 Å². The molecule has 0 saturated heterocycles. The maximum atomic E-state index is 13.4. The number of benzene rings is 1. The highest BCUT2D eigenvalue weighted by Crippen LogP contribution is 2.48. The summed E-state index contributed by atoms with van der Waals surface area (Å²) in [4.78, 5) is 22.6. The zero-order valence-corrected chi connectivity index (χ0v) is 15.7. The second kappa shape index (κ2) is 8.64. The number of methoxy groups -OCH3 is 1. The average Bonchev–Trinajstić information content (AvgIpc) is 2.65. The molecule has 0 aliphatic rings. The Kier molecular flexibility index (Phi) is 7.37. The molecule has 1 aromatic rings. The van der Waals surface area contributed by atoms with Crippen LogP contribution in [0, 0.1) is 0 Å². The molecule has 1 aromatic carbocycles. The third kappa shape index (κ3) is 4.91. The number of carbonyl (C=O) groups is 2. The number of rotatable bonds is 7. The van der Waals surface area contributed by atoms with Crippen LogP contribution in [0.3, 0.4) is 0 Å². The van der Waals surface area contributed by atoms with Crippen LogP contribution >= 0.6 is 0 Å². The Balaban J connectivity index is 3.30. The highest BCUT2D eigenvalue weighted by molar-refractivity contribution is 5.97. The second-order valence-electron chi connectivity index (χ2n) is 6.00. The van der Waals surface area contributed by atoms with E-state index in [2.05, 4.69) is 9.47 Å². The molecule has 1 amide bonds. The highest BCUT2D eigenvalue weighted by Gasteiger charge is 2.78. The summed E-state index contributed by atoms with van der Waals surface area (Å²) >= 11 is 0. The van der Waals surface area contributed by atoms with Gasteiger partial charge >= 0.3 is 47.9 Å². The highest BCUT2D eigenvalue weighted by atomic mass is 19.4. The Morgan fingerprint density at radius 3 is 1.56 bits per heavy atom. The van der Waals surface area contributed by atoms with Gasteiger partial charge in [0.2, 0.25) is 0 Å². The van der Waals surface area contributed by atoms with Crippen molar-refractivity contribution in [3.63, 3.8) is 0 Å². The molecule has 1 N–H and O–H groups in total. The van der Waals surface area contributed by atoms with Crippen LogP contribution in [0.4, 0.5) is 67.2 Å². The molecule has 5 nitrogen and oxygen atoms in total.